The summed E-state index contributed by atoms with van der Waals surface area (Å²) in [5.74, 6) is -1.41. The Hall–Kier alpha value is -1.37. The van der Waals surface area contributed by atoms with E-state index >= 15 is 0 Å². The van der Waals surface area contributed by atoms with E-state index in [4.69, 9.17) is 0 Å². The van der Waals surface area contributed by atoms with E-state index in [1.807, 2.05) is 0 Å². The summed E-state index contributed by atoms with van der Waals surface area (Å²) in [5, 5.41) is 2.92. The van der Waals surface area contributed by atoms with Crippen LogP contribution in [0.5, 0.6) is 0 Å². The summed E-state index contributed by atoms with van der Waals surface area (Å²) in [7, 11) is 1.27. The third-order valence-corrected chi connectivity index (χ3v) is 3.64. The summed E-state index contributed by atoms with van der Waals surface area (Å²) < 4.78 is 41.4. The Morgan fingerprint density at radius 3 is 2.60 bits per heavy atom. The number of halogens is 3. The van der Waals surface area contributed by atoms with E-state index < -0.39 is 23.9 Å². The van der Waals surface area contributed by atoms with E-state index in [9.17, 15) is 18.0 Å². The molecule has 3 nitrogen and oxygen atoms in total. The minimum absolute atomic E-state index is 0.442. The first-order valence-corrected chi connectivity index (χ1v) is 6.99. The van der Waals surface area contributed by atoms with Gasteiger partial charge in [0, 0.05) is 10.6 Å². The quantitative estimate of drug-likeness (QED) is 0.642. The Morgan fingerprint density at radius 1 is 1.40 bits per heavy atom. The number of methoxy groups -OCH3 is 1. The van der Waals surface area contributed by atoms with Gasteiger partial charge in [-0.15, -0.1) is 11.8 Å². The van der Waals surface area contributed by atoms with Crippen molar-refractivity contribution in [1.29, 1.82) is 0 Å². The summed E-state index contributed by atoms with van der Waals surface area (Å²) in [5.41, 5.74) is 0.499. The van der Waals surface area contributed by atoms with Gasteiger partial charge in [0.1, 0.15) is 6.04 Å². The van der Waals surface area contributed by atoms with Crippen LogP contribution in [0.15, 0.2) is 29.2 Å². The van der Waals surface area contributed by atoms with E-state index in [1.165, 1.54) is 7.11 Å². The normalized spacial score (nSPS) is 12.8. The molecule has 0 amide bonds. The summed E-state index contributed by atoms with van der Waals surface area (Å²) in [4.78, 5) is 12.0. The molecule has 0 heterocycles. The summed E-state index contributed by atoms with van der Waals surface area (Å²) in [6, 6.07) is 6.01. The molecular weight excluding hydrogens is 291 g/mol. The lowest BCUT2D eigenvalue weighted by Gasteiger charge is -2.18. The molecule has 0 fully saturated rings. The van der Waals surface area contributed by atoms with Crippen molar-refractivity contribution in [3.05, 3.63) is 24.3 Å². The van der Waals surface area contributed by atoms with Crippen molar-refractivity contribution < 1.29 is 22.7 Å². The second-order valence-electron chi connectivity index (χ2n) is 4.03. The highest BCUT2D eigenvalue weighted by molar-refractivity contribution is 7.99. The van der Waals surface area contributed by atoms with Gasteiger partial charge in [-0.05, 0) is 18.6 Å². The molecule has 0 saturated carbocycles. The smallest absolute Gasteiger partial charge is 0.398 e. The molecule has 0 aliphatic carbocycles. The second kappa shape index (κ2) is 7.42. The topological polar surface area (TPSA) is 38.3 Å². The lowest BCUT2D eigenvalue weighted by atomic mass is 10.2. The van der Waals surface area contributed by atoms with E-state index in [-0.39, 0.29) is 0 Å². The van der Waals surface area contributed by atoms with Crippen LogP contribution in [-0.4, -0.2) is 31.1 Å². The molecule has 1 aromatic carbocycles. The van der Waals surface area contributed by atoms with E-state index in [0.717, 1.165) is 0 Å². The Labute approximate surface area is 119 Å². The SMILES string of the molecule is CCC(Nc1ccccc1SCC(F)(F)F)C(=O)OC. The van der Waals surface area contributed by atoms with Crippen molar-refractivity contribution in [2.24, 2.45) is 0 Å². The highest BCUT2D eigenvalue weighted by Crippen LogP contribution is 2.32. The Kier molecular flexibility index (Phi) is 6.19. The van der Waals surface area contributed by atoms with E-state index in [1.54, 1.807) is 31.2 Å². The Balaban J connectivity index is 2.81. The molecule has 0 bridgehead atoms. The first-order valence-electron chi connectivity index (χ1n) is 6.00. The number of hydrogen-bond acceptors (Lipinski definition) is 4. The van der Waals surface area contributed by atoms with Gasteiger partial charge in [0.2, 0.25) is 0 Å². The van der Waals surface area contributed by atoms with Crippen LogP contribution in [0.3, 0.4) is 0 Å². The fourth-order valence-corrected chi connectivity index (χ4v) is 2.31. The molecule has 1 aromatic rings. The highest BCUT2D eigenvalue weighted by atomic mass is 32.2. The van der Waals surface area contributed by atoms with Crippen molar-refractivity contribution in [2.75, 3.05) is 18.2 Å². The standard InChI is InChI=1S/C13H16F3NO2S/c1-3-9(12(18)19-2)17-10-6-4-5-7-11(10)20-8-13(14,15)16/h4-7,9,17H,3,8H2,1-2H3. The van der Waals surface area contributed by atoms with Crippen LogP contribution in [0.1, 0.15) is 13.3 Å². The maximum atomic E-state index is 12.3. The number of benzene rings is 1. The number of carbonyl (C=O) groups excluding carboxylic acids is 1. The number of nitrogens with one attached hydrogen (secondary N) is 1. The predicted molar refractivity (Wildman–Crippen MR) is 72.9 cm³/mol. The summed E-state index contributed by atoms with van der Waals surface area (Å²) >= 11 is 0.686. The maximum Gasteiger partial charge on any atom is 0.398 e. The number of para-hydroxylation sites is 1. The molecule has 0 spiro atoms. The van der Waals surface area contributed by atoms with Crippen LogP contribution < -0.4 is 5.32 Å². The zero-order chi connectivity index (χ0) is 15.2. The molecule has 1 unspecified atom stereocenters. The third-order valence-electron chi connectivity index (χ3n) is 2.50. The van der Waals surface area contributed by atoms with Crippen LogP contribution >= 0.6 is 11.8 Å². The van der Waals surface area contributed by atoms with Crippen LogP contribution in [0.4, 0.5) is 18.9 Å². The molecule has 112 valence electrons. The van der Waals surface area contributed by atoms with Gasteiger partial charge in [-0.3, -0.25) is 0 Å². The summed E-state index contributed by atoms with van der Waals surface area (Å²) in [6.07, 6.45) is -3.75. The van der Waals surface area contributed by atoms with E-state index in [0.29, 0.717) is 28.8 Å². The fraction of sp³-hybridized carbons (Fsp3) is 0.462. The number of hydrogen-bond donors (Lipinski definition) is 1. The molecule has 0 aliphatic heterocycles. The monoisotopic (exact) mass is 307 g/mol. The molecule has 0 aliphatic rings. The molecule has 7 heteroatoms. The van der Waals surface area contributed by atoms with Crippen molar-refractivity contribution in [2.45, 2.75) is 30.5 Å². The zero-order valence-corrected chi connectivity index (χ0v) is 12.0. The predicted octanol–water partition coefficient (Wildman–Crippen LogP) is 3.70. The van der Waals surface area contributed by atoms with Gasteiger partial charge in [-0.1, -0.05) is 19.1 Å². The molecule has 1 N–H and O–H groups in total. The number of esters is 1. The number of rotatable bonds is 6. The molecule has 1 atom stereocenters. The molecule has 0 aromatic heterocycles. The van der Waals surface area contributed by atoms with E-state index in [2.05, 4.69) is 10.1 Å². The van der Waals surface area contributed by atoms with Gasteiger partial charge in [-0.25, -0.2) is 4.79 Å². The highest BCUT2D eigenvalue weighted by Gasteiger charge is 2.28. The number of alkyl halides is 3. The van der Waals surface area contributed by atoms with Gasteiger partial charge in [0.15, 0.2) is 0 Å². The molecule has 20 heavy (non-hydrogen) atoms. The number of thioether (sulfide) groups is 1. The molecule has 1 rings (SSSR count). The fourth-order valence-electron chi connectivity index (χ4n) is 1.53. The maximum absolute atomic E-state index is 12.3. The van der Waals surface area contributed by atoms with Crippen LogP contribution in [-0.2, 0) is 9.53 Å². The number of carbonyl (C=O) groups is 1. The molecule has 0 radical (unpaired) electrons. The first-order chi connectivity index (χ1) is 9.37. The van der Waals surface area contributed by atoms with Gasteiger partial charge in [0.25, 0.3) is 0 Å². The number of anilines is 1. The van der Waals surface area contributed by atoms with Crippen LogP contribution in [0.2, 0.25) is 0 Å². The van der Waals surface area contributed by atoms with Crippen molar-refractivity contribution >= 4 is 23.4 Å². The van der Waals surface area contributed by atoms with Crippen LogP contribution in [0.25, 0.3) is 0 Å². The lowest BCUT2D eigenvalue weighted by molar-refractivity contribution is -0.141. The number of ether oxygens (including phenoxy) is 1. The molecule has 0 saturated heterocycles. The van der Waals surface area contributed by atoms with Crippen molar-refractivity contribution in [3.63, 3.8) is 0 Å². The zero-order valence-electron chi connectivity index (χ0n) is 11.2. The van der Waals surface area contributed by atoms with Gasteiger partial charge in [0.05, 0.1) is 12.9 Å². The van der Waals surface area contributed by atoms with Gasteiger partial charge < -0.3 is 10.1 Å². The van der Waals surface area contributed by atoms with Crippen LogP contribution in [0, 0.1) is 0 Å². The summed E-state index contributed by atoms with van der Waals surface area (Å²) in [6.45, 7) is 1.79. The first kappa shape index (κ1) is 16.7. The van der Waals surface area contributed by atoms with Gasteiger partial charge >= 0.3 is 12.1 Å². The van der Waals surface area contributed by atoms with Gasteiger partial charge in [-0.2, -0.15) is 13.2 Å². The lowest BCUT2D eigenvalue weighted by Crippen LogP contribution is -2.30. The van der Waals surface area contributed by atoms with Crippen molar-refractivity contribution in [3.8, 4) is 0 Å². The Bertz CT molecular complexity index is 451. The third kappa shape index (κ3) is 5.32. The largest absolute Gasteiger partial charge is 0.467 e. The average molecular weight is 307 g/mol. The van der Waals surface area contributed by atoms with Crippen molar-refractivity contribution in [1.82, 2.24) is 0 Å². The molecular formula is C13H16F3NO2S. The average Bonchev–Trinajstić information content (AvgIpc) is 2.41. The minimum atomic E-state index is -4.23. The Morgan fingerprint density at radius 2 is 2.05 bits per heavy atom. The second-order valence-corrected chi connectivity index (χ2v) is 5.05. The minimum Gasteiger partial charge on any atom is -0.467 e.